The van der Waals surface area contributed by atoms with Gasteiger partial charge in [0.05, 0.1) is 4.92 Å². The Morgan fingerprint density at radius 3 is 2.85 bits per heavy atom. The molecule has 0 spiro atoms. The molecule has 0 bridgehead atoms. The van der Waals surface area contributed by atoms with E-state index < -0.39 is 10.4 Å². The van der Waals surface area contributed by atoms with Gasteiger partial charge in [0.15, 0.2) is 11.1 Å². The number of aromatic nitrogens is 1. The SMILES string of the molecule is O=[N+]([O-])c1cccc2oc(NCCSC(F)(F)F)nc12. The second kappa shape index (κ2) is 5.57. The molecule has 1 N–H and O–H groups in total. The first-order valence-corrected chi connectivity index (χ1v) is 6.34. The van der Waals surface area contributed by atoms with Crippen LogP contribution in [-0.2, 0) is 0 Å². The number of oxazole rings is 1. The summed E-state index contributed by atoms with van der Waals surface area (Å²) >= 11 is -0.172. The maximum Gasteiger partial charge on any atom is 0.441 e. The van der Waals surface area contributed by atoms with Gasteiger partial charge in [-0.15, -0.1) is 0 Å². The number of alkyl halides is 3. The molecule has 20 heavy (non-hydrogen) atoms. The summed E-state index contributed by atoms with van der Waals surface area (Å²) in [6.45, 7) is -0.0230. The molecule has 1 aromatic carbocycles. The zero-order valence-corrected chi connectivity index (χ0v) is 10.6. The minimum Gasteiger partial charge on any atom is -0.423 e. The van der Waals surface area contributed by atoms with Crippen LogP contribution in [0.4, 0.5) is 24.9 Å². The third-order valence-corrected chi connectivity index (χ3v) is 2.97. The smallest absolute Gasteiger partial charge is 0.423 e. The van der Waals surface area contributed by atoms with Gasteiger partial charge >= 0.3 is 5.51 Å². The molecule has 108 valence electrons. The van der Waals surface area contributed by atoms with Crippen LogP contribution in [0.5, 0.6) is 0 Å². The third-order valence-electron chi connectivity index (χ3n) is 2.24. The van der Waals surface area contributed by atoms with Crippen LogP contribution in [0.2, 0.25) is 0 Å². The van der Waals surface area contributed by atoms with Crippen molar-refractivity contribution in [2.75, 3.05) is 17.6 Å². The second-order valence-corrected chi connectivity index (χ2v) is 4.78. The zero-order valence-electron chi connectivity index (χ0n) is 9.81. The Morgan fingerprint density at radius 2 is 2.20 bits per heavy atom. The molecular weight excluding hydrogens is 299 g/mol. The number of nitrogens with zero attached hydrogens (tertiary/aromatic N) is 2. The molecule has 0 aliphatic heterocycles. The Balaban J connectivity index is 2.05. The van der Waals surface area contributed by atoms with Crippen molar-refractivity contribution in [1.29, 1.82) is 0 Å². The van der Waals surface area contributed by atoms with E-state index in [-0.39, 0.29) is 46.9 Å². The number of nitro groups is 1. The fourth-order valence-corrected chi connectivity index (χ4v) is 1.92. The van der Waals surface area contributed by atoms with Crippen LogP contribution in [0.1, 0.15) is 0 Å². The van der Waals surface area contributed by atoms with Crippen LogP contribution < -0.4 is 5.32 Å². The number of non-ortho nitro benzene ring substituents is 1. The van der Waals surface area contributed by atoms with Crippen LogP contribution in [0, 0.1) is 10.1 Å². The van der Waals surface area contributed by atoms with Crippen molar-refractivity contribution in [1.82, 2.24) is 4.98 Å². The quantitative estimate of drug-likeness (QED) is 0.518. The predicted molar refractivity (Wildman–Crippen MR) is 67.7 cm³/mol. The summed E-state index contributed by atoms with van der Waals surface area (Å²) in [6.07, 6.45) is 0. The lowest BCUT2D eigenvalue weighted by atomic mass is 10.3. The number of thioether (sulfide) groups is 1. The number of hydrogen-bond acceptors (Lipinski definition) is 6. The van der Waals surface area contributed by atoms with E-state index in [0.717, 1.165) is 0 Å². The average Bonchev–Trinajstić information content (AvgIpc) is 2.75. The van der Waals surface area contributed by atoms with Crippen LogP contribution in [0.25, 0.3) is 11.1 Å². The van der Waals surface area contributed by atoms with E-state index in [1.807, 2.05) is 0 Å². The number of rotatable bonds is 5. The van der Waals surface area contributed by atoms with Crippen molar-refractivity contribution in [2.45, 2.75) is 5.51 Å². The normalized spacial score (nSPS) is 11.8. The highest BCUT2D eigenvalue weighted by Gasteiger charge is 2.27. The third kappa shape index (κ3) is 3.53. The number of anilines is 1. The standard InChI is InChI=1S/C10H8F3N3O3S/c11-10(12,13)20-5-4-14-9-15-8-6(16(17)18)2-1-3-7(8)19-9/h1-3H,4-5H2,(H,14,15). The van der Waals surface area contributed by atoms with Gasteiger partial charge in [-0.25, -0.2) is 0 Å². The molecule has 1 aromatic heterocycles. The molecule has 0 unspecified atom stereocenters. The molecule has 6 nitrogen and oxygen atoms in total. The van der Waals surface area contributed by atoms with E-state index >= 15 is 0 Å². The molecule has 0 aliphatic carbocycles. The second-order valence-electron chi connectivity index (χ2n) is 3.62. The van der Waals surface area contributed by atoms with Gasteiger partial charge in [0, 0.05) is 18.4 Å². The van der Waals surface area contributed by atoms with Gasteiger partial charge in [0.1, 0.15) is 0 Å². The maximum atomic E-state index is 11.9. The van der Waals surface area contributed by atoms with Crippen molar-refractivity contribution in [3.8, 4) is 0 Å². The lowest BCUT2D eigenvalue weighted by Gasteiger charge is -2.04. The first kappa shape index (κ1) is 14.4. The molecule has 0 atom stereocenters. The molecule has 0 saturated carbocycles. The van der Waals surface area contributed by atoms with Crippen molar-refractivity contribution < 1.29 is 22.5 Å². The number of nitrogens with one attached hydrogen (secondary N) is 1. The molecule has 0 fully saturated rings. The Bertz CT molecular complexity index is 629. The fraction of sp³-hybridized carbons (Fsp3) is 0.300. The van der Waals surface area contributed by atoms with Gasteiger partial charge in [-0.3, -0.25) is 10.1 Å². The minimum absolute atomic E-state index is 0.0230. The minimum atomic E-state index is -4.29. The van der Waals surface area contributed by atoms with Crippen LogP contribution in [0.3, 0.4) is 0 Å². The number of fused-ring (bicyclic) bond motifs is 1. The molecular formula is C10H8F3N3O3S. The lowest BCUT2D eigenvalue weighted by Crippen LogP contribution is -2.09. The maximum absolute atomic E-state index is 11.9. The molecule has 10 heteroatoms. The van der Waals surface area contributed by atoms with E-state index in [2.05, 4.69) is 10.3 Å². The van der Waals surface area contributed by atoms with Crippen LogP contribution >= 0.6 is 11.8 Å². The van der Waals surface area contributed by atoms with Crippen LogP contribution in [-0.4, -0.2) is 27.7 Å². The van der Waals surface area contributed by atoms with Crippen molar-refractivity contribution >= 4 is 34.6 Å². The lowest BCUT2D eigenvalue weighted by molar-refractivity contribution is -0.383. The van der Waals surface area contributed by atoms with Gasteiger partial charge in [-0.2, -0.15) is 18.2 Å². The Labute approximate surface area is 114 Å². The summed E-state index contributed by atoms with van der Waals surface area (Å²) in [4.78, 5) is 14.0. The van der Waals surface area contributed by atoms with E-state index in [9.17, 15) is 23.3 Å². The summed E-state index contributed by atoms with van der Waals surface area (Å²) in [5.74, 6) is -0.218. The Kier molecular flexibility index (Phi) is 4.02. The van der Waals surface area contributed by atoms with Crippen molar-refractivity contribution in [3.63, 3.8) is 0 Å². The van der Waals surface area contributed by atoms with Gasteiger partial charge in [0.2, 0.25) is 0 Å². The number of nitro benzene ring substituents is 1. The Morgan fingerprint density at radius 1 is 1.45 bits per heavy atom. The summed E-state index contributed by atoms with van der Waals surface area (Å²) in [7, 11) is 0. The predicted octanol–water partition coefficient (Wildman–Crippen LogP) is 3.40. The zero-order chi connectivity index (χ0) is 14.8. The number of halogens is 3. The number of hydrogen-bond donors (Lipinski definition) is 1. The fourth-order valence-electron chi connectivity index (χ4n) is 1.48. The summed E-state index contributed by atoms with van der Waals surface area (Å²) < 4.78 is 40.9. The van der Waals surface area contributed by atoms with E-state index in [4.69, 9.17) is 4.42 Å². The van der Waals surface area contributed by atoms with Gasteiger partial charge in [-0.05, 0) is 17.8 Å². The molecule has 1 heterocycles. The average molecular weight is 307 g/mol. The molecule has 2 rings (SSSR count). The molecule has 2 aromatic rings. The molecule has 0 saturated heterocycles. The summed E-state index contributed by atoms with van der Waals surface area (Å²) in [6, 6.07) is 4.16. The van der Waals surface area contributed by atoms with E-state index in [1.54, 1.807) is 0 Å². The van der Waals surface area contributed by atoms with Gasteiger partial charge in [-0.1, -0.05) is 6.07 Å². The number of para-hydroxylation sites is 1. The first-order valence-electron chi connectivity index (χ1n) is 5.35. The monoisotopic (exact) mass is 307 g/mol. The Hall–Kier alpha value is -1.97. The largest absolute Gasteiger partial charge is 0.441 e. The van der Waals surface area contributed by atoms with Gasteiger partial charge < -0.3 is 9.73 Å². The summed E-state index contributed by atoms with van der Waals surface area (Å²) in [5.41, 5.74) is -4.25. The summed E-state index contributed by atoms with van der Waals surface area (Å²) in [5, 5.41) is 13.3. The molecule has 0 radical (unpaired) electrons. The van der Waals surface area contributed by atoms with Gasteiger partial charge in [0.25, 0.3) is 11.7 Å². The first-order chi connectivity index (χ1) is 9.37. The van der Waals surface area contributed by atoms with Crippen molar-refractivity contribution in [2.24, 2.45) is 0 Å². The highest BCUT2D eigenvalue weighted by Crippen LogP contribution is 2.30. The van der Waals surface area contributed by atoms with E-state index in [1.165, 1.54) is 18.2 Å². The number of benzene rings is 1. The van der Waals surface area contributed by atoms with Crippen molar-refractivity contribution in [3.05, 3.63) is 28.3 Å². The molecule has 0 aliphatic rings. The highest BCUT2D eigenvalue weighted by molar-refractivity contribution is 8.00. The molecule has 0 amide bonds. The van der Waals surface area contributed by atoms with Crippen LogP contribution in [0.15, 0.2) is 22.6 Å². The highest BCUT2D eigenvalue weighted by atomic mass is 32.2. The topological polar surface area (TPSA) is 81.2 Å². The van der Waals surface area contributed by atoms with E-state index in [0.29, 0.717) is 0 Å².